The first-order chi connectivity index (χ1) is 8.99. The summed E-state index contributed by atoms with van der Waals surface area (Å²) in [4.78, 5) is 12.0. The van der Waals surface area contributed by atoms with Crippen molar-refractivity contribution in [1.29, 1.82) is 0 Å². The number of anilines is 1. The third-order valence-corrected chi connectivity index (χ3v) is 3.36. The summed E-state index contributed by atoms with van der Waals surface area (Å²) < 4.78 is 5.88. The molecule has 1 aromatic heterocycles. The SMILES string of the molecule is Cc1noc(C)c1CNC(=O)c1ccc(Br)cc1N. The van der Waals surface area contributed by atoms with E-state index in [9.17, 15) is 4.79 Å². The molecule has 0 radical (unpaired) electrons. The second-order valence-electron chi connectivity index (χ2n) is 4.22. The molecule has 0 aliphatic carbocycles. The van der Waals surface area contributed by atoms with Crippen LogP contribution in [0.5, 0.6) is 0 Å². The highest BCUT2D eigenvalue weighted by molar-refractivity contribution is 9.10. The molecule has 19 heavy (non-hydrogen) atoms. The lowest BCUT2D eigenvalue weighted by atomic mass is 10.1. The summed E-state index contributed by atoms with van der Waals surface area (Å²) in [5.41, 5.74) is 8.37. The number of nitrogens with two attached hydrogens (primary N) is 1. The Bertz CT molecular complexity index is 603. The molecule has 0 atom stereocenters. The molecular formula is C13H14BrN3O2. The van der Waals surface area contributed by atoms with Crippen molar-refractivity contribution in [2.75, 3.05) is 5.73 Å². The molecule has 0 fully saturated rings. The van der Waals surface area contributed by atoms with E-state index in [1.807, 2.05) is 13.8 Å². The van der Waals surface area contributed by atoms with E-state index in [0.29, 0.717) is 23.6 Å². The molecule has 3 N–H and O–H groups in total. The highest BCUT2D eigenvalue weighted by Gasteiger charge is 2.13. The van der Waals surface area contributed by atoms with Gasteiger partial charge in [-0.1, -0.05) is 21.1 Å². The number of carbonyl (C=O) groups is 1. The Morgan fingerprint density at radius 2 is 2.21 bits per heavy atom. The van der Waals surface area contributed by atoms with Gasteiger partial charge in [-0.05, 0) is 32.0 Å². The predicted octanol–water partition coefficient (Wildman–Crippen LogP) is 2.57. The second kappa shape index (κ2) is 5.44. The number of rotatable bonds is 3. The number of nitrogens with zero attached hydrogens (tertiary/aromatic N) is 1. The van der Waals surface area contributed by atoms with E-state index in [0.717, 1.165) is 15.7 Å². The topological polar surface area (TPSA) is 81.2 Å². The third kappa shape index (κ3) is 2.96. The van der Waals surface area contributed by atoms with Crippen molar-refractivity contribution in [3.05, 3.63) is 45.3 Å². The zero-order valence-corrected chi connectivity index (χ0v) is 12.2. The van der Waals surface area contributed by atoms with Crippen LogP contribution >= 0.6 is 15.9 Å². The lowest BCUT2D eigenvalue weighted by molar-refractivity contribution is 0.0951. The summed E-state index contributed by atoms with van der Waals surface area (Å²) in [6.07, 6.45) is 0. The minimum Gasteiger partial charge on any atom is -0.398 e. The van der Waals surface area contributed by atoms with Crippen LogP contribution in [0.25, 0.3) is 0 Å². The Morgan fingerprint density at radius 1 is 1.47 bits per heavy atom. The van der Waals surface area contributed by atoms with Gasteiger partial charge in [0.05, 0.1) is 11.3 Å². The van der Waals surface area contributed by atoms with Gasteiger partial charge in [-0.2, -0.15) is 0 Å². The molecule has 100 valence electrons. The summed E-state index contributed by atoms with van der Waals surface area (Å²) in [5, 5.41) is 6.65. The maximum atomic E-state index is 12.0. The minimum absolute atomic E-state index is 0.218. The number of hydrogen-bond acceptors (Lipinski definition) is 4. The fourth-order valence-electron chi connectivity index (χ4n) is 1.76. The van der Waals surface area contributed by atoms with Crippen LogP contribution in [-0.2, 0) is 6.54 Å². The summed E-state index contributed by atoms with van der Waals surface area (Å²) in [6.45, 7) is 4.02. The molecule has 2 aromatic rings. The summed E-state index contributed by atoms with van der Waals surface area (Å²) >= 11 is 3.30. The van der Waals surface area contributed by atoms with E-state index < -0.39 is 0 Å². The quantitative estimate of drug-likeness (QED) is 0.850. The Hall–Kier alpha value is -1.82. The number of halogens is 1. The van der Waals surface area contributed by atoms with Crippen molar-refractivity contribution in [3.8, 4) is 0 Å². The molecule has 0 unspecified atom stereocenters. The van der Waals surface area contributed by atoms with Gasteiger partial charge in [-0.3, -0.25) is 4.79 Å². The first kappa shape index (κ1) is 13.6. The standard InChI is InChI=1S/C13H14BrN3O2/c1-7-11(8(2)19-17-7)6-16-13(18)10-4-3-9(14)5-12(10)15/h3-5H,6,15H2,1-2H3,(H,16,18). The largest absolute Gasteiger partial charge is 0.398 e. The molecule has 2 rings (SSSR count). The van der Waals surface area contributed by atoms with Crippen LogP contribution in [0.1, 0.15) is 27.4 Å². The lowest BCUT2D eigenvalue weighted by Gasteiger charge is -2.07. The molecule has 0 spiro atoms. The number of carbonyl (C=O) groups excluding carboxylic acids is 1. The Balaban J connectivity index is 2.10. The Labute approximate surface area is 119 Å². The Morgan fingerprint density at radius 3 is 2.79 bits per heavy atom. The van der Waals surface area contributed by atoms with Crippen molar-refractivity contribution in [3.63, 3.8) is 0 Å². The number of aromatic nitrogens is 1. The highest BCUT2D eigenvalue weighted by atomic mass is 79.9. The number of nitrogen functional groups attached to an aromatic ring is 1. The van der Waals surface area contributed by atoms with Gasteiger partial charge in [0.15, 0.2) is 0 Å². The molecule has 0 saturated heterocycles. The van der Waals surface area contributed by atoms with E-state index in [2.05, 4.69) is 26.4 Å². The molecule has 1 aromatic carbocycles. The monoisotopic (exact) mass is 323 g/mol. The smallest absolute Gasteiger partial charge is 0.253 e. The molecule has 0 aliphatic heterocycles. The fraction of sp³-hybridized carbons (Fsp3) is 0.231. The van der Waals surface area contributed by atoms with Gasteiger partial charge < -0.3 is 15.6 Å². The Kier molecular flexibility index (Phi) is 3.90. The number of amides is 1. The molecule has 6 heteroatoms. The summed E-state index contributed by atoms with van der Waals surface area (Å²) in [6, 6.07) is 5.16. The van der Waals surface area contributed by atoms with E-state index >= 15 is 0 Å². The zero-order chi connectivity index (χ0) is 14.0. The zero-order valence-electron chi connectivity index (χ0n) is 10.7. The van der Waals surface area contributed by atoms with Crippen molar-refractivity contribution < 1.29 is 9.32 Å². The number of hydrogen-bond donors (Lipinski definition) is 2. The van der Waals surface area contributed by atoms with Gasteiger partial charge in [0.2, 0.25) is 0 Å². The molecule has 0 saturated carbocycles. The van der Waals surface area contributed by atoms with Crippen molar-refractivity contribution >= 4 is 27.5 Å². The summed E-state index contributed by atoms with van der Waals surface area (Å²) in [7, 11) is 0. The molecule has 0 bridgehead atoms. The van der Waals surface area contributed by atoms with E-state index in [-0.39, 0.29) is 5.91 Å². The second-order valence-corrected chi connectivity index (χ2v) is 5.13. The van der Waals surface area contributed by atoms with Gasteiger partial charge in [0.1, 0.15) is 5.76 Å². The van der Waals surface area contributed by atoms with Gasteiger partial charge in [-0.25, -0.2) is 0 Å². The van der Waals surface area contributed by atoms with E-state index in [1.54, 1.807) is 18.2 Å². The van der Waals surface area contributed by atoms with Crippen LogP contribution in [0, 0.1) is 13.8 Å². The van der Waals surface area contributed by atoms with Crippen LogP contribution in [0.2, 0.25) is 0 Å². The number of nitrogens with one attached hydrogen (secondary N) is 1. The van der Waals surface area contributed by atoms with Crippen LogP contribution in [-0.4, -0.2) is 11.1 Å². The van der Waals surface area contributed by atoms with Crippen molar-refractivity contribution in [1.82, 2.24) is 10.5 Å². The predicted molar refractivity (Wildman–Crippen MR) is 75.7 cm³/mol. The minimum atomic E-state index is -0.218. The van der Waals surface area contributed by atoms with Gasteiger partial charge in [-0.15, -0.1) is 0 Å². The average molecular weight is 324 g/mol. The number of aryl methyl sites for hydroxylation is 2. The van der Waals surface area contributed by atoms with Crippen LogP contribution in [0.4, 0.5) is 5.69 Å². The molecule has 0 aliphatic rings. The number of benzene rings is 1. The van der Waals surface area contributed by atoms with Crippen molar-refractivity contribution in [2.45, 2.75) is 20.4 Å². The maximum absolute atomic E-state index is 12.0. The molecule has 1 amide bonds. The van der Waals surface area contributed by atoms with Crippen LogP contribution in [0.3, 0.4) is 0 Å². The fourth-order valence-corrected chi connectivity index (χ4v) is 2.14. The normalized spacial score (nSPS) is 10.5. The van der Waals surface area contributed by atoms with Gasteiger partial charge in [0.25, 0.3) is 5.91 Å². The third-order valence-electron chi connectivity index (χ3n) is 2.87. The van der Waals surface area contributed by atoms with Gasteiger partial charge >= 0.3 is 0 Å². The molecule has 1 heterocycles. The van der Waals surface area contributed by atoms with Crippen LogP contribution < -0.4 is 11.1 Å². The summed E-state index contributed by atoms with van der Waals surface area (Å²) in [5.74, 6) is 0.492. The molecular weight excluding hydrogens is 310 g/mol. The first-order valence-electron chi connectivity index (χ1n) is 5.74. The van der Waals surface area contributed by atoms with E-state index in [1.165, 1.54) is 0 Å². The van der Waals surface area contributed by atoms with Crippen molar-refractivity contribution in [2.24, 2.45) is 0 Å². The average Bonchev–Trinajstić information content (AvgIpc) is 2.66. The highest BCUT2D eigenvalue weighted by Crippen LogP contribution is 2.19. The van der Waals surface area contributed by atoms with Crippen LogP contribution in [0.15, 0.2) is 27.2 Å². The van der Waals surface area contributed by atoms with Gasteiger partial charge in [0, 0.05) is 22.3 Å². The maximum Gasteiger partial charge on any atom is 0.253 e. The van der Waals surface area contributed by atoms with E-state index in [4.69, 9.17) is 10.3 Å². The molecule has 5 nitrogen and oxygen atoms in total. The lowest BCUT2D eigenvalue weighted by Crippen LogP contribution is -2.24. The first-order valence-corrected chi connectivity index (χ1v) is 6.53.